The molecule has 0 bridgehead atoms. The summed E-state index contributed by atoms with van der Waals surface area (Å²) >= 11 is 13.7. The van der Waals surface area contributed by atoms with Crippen molar-refractivity contribution in [2.75, 3.05) is 0 Å². The molecule has 2 aromatic carbocycles. The molecule has 7 nitrogen and oxygen atoms in total. The van der Waals surface area contributed by atoms with Crippen molar-refractivity contribution < 1.29 is 4.42 Å². The highest BCUT2D eigenvalue weighted by Gasteiger charge is 2.19. The number of aryl methyl sites for hydroxylation is 1. The number of nitrogens with one attached hydrogen (secondary N) is 1. The van der Waals surface area contributed by atoms with Gasteiger partial charge in [-0.3, -0.25) is 4.79 Å². The Balaban J connectivity index is 1.62. The summed E-state index contributed by atoms with van der Waals surface area (Å²) in [6.45, 7) is 2.00. The molecule has 0 aliphatic carbocycles. The van der Waals surface area contributed by atoms with Gasteiger partial charge < -0.3 is 9.40 Å². The molecule has 154 valence electrons. The first-order chi connectivity index (χ1) is 15.0. The molecule has 0 aliphatic heterocycles. The molecule has 0 amide bonds. The fraction of sp³-hybridized carbons (Fsp3) is 0.0952. The predicted molar refractivity (Wildman–Crippen MR) is 119 cm³/mol. The van der Waals surface area contributed by atoms with Crippen molar-refractivity contribution in [2.24, 2.45) is 0 Å². The highest BCUT2D eigenvalue weighted by Crippen LogP contribution is 2.35. The van der Waals surface area contributed by atoms with Gasteiger partial charge in [0.25, 0.3) is 5.56 Å². The summed E-state index contributed by atoms with van der Waals surface area (Å²) < 4.78 is 5.70. The molecule has 0 unspecified atom stereocenters. The summed E-state index contributed by atoms with van der Waals surface area (Å²) in [5, 5.41) is 18.4. The van der Waals surface area contributed by atoms with Crippen molar-refractivity contribution in [3.63, 3.8) is 0 Å². The van der Waals surface area contributed by atoms with E-state index in [1.54, 1.807) is 18.2 Å². The highest BCUT2D eigenvalue weighted by atomic mass is 35.5. The summed E-state index contributed by atoms with van der Waals surface area (Å²) in [6, 6.07) is 14.5. The smallest absolute Gasteiger partial charge is 0.270 e. The highest BCUT2D eigenvalue weighted by molar-refractivity contribution is 7.98. The van der Waals surface area contributed by atoms with E-state index in [1.807, 2.05) is 37.3 Å². The lowest BCUT2D eigenvalue weighted by atomic mass is 10.1. The first-order valence-corrected chi connectivity index (χ1v) is 10.7. The molecule has 4 rings (SSSR count). The number of halogens is 2. The molecular formula is C21H13Cl2N5O2S. The Hall–Kier alpha value is -3.12. The predicted octanol–water partition coefficient (Wildman–Crippen LogP) is 5.27. The van der Waals surface area contributed by atoms with Crippen LogP contribution in [-0.2, 0) is 5.75 Å². The van der Waals surface area contributed by atoms with E-state index in [4.69, 9.17) is 27.6 Å². The molecular weight excluding hydrogens is 457 g/mol. The van der Waals surface area contributed by atoms with Gasteiger partial charge >= 0.3 is 0 Å². The van der Waals surface area contributed by atoms with Gasteiger partial charge in [0, 0.05) is 11.1 Å². The number of nitriles is 1. The first kappa shape index (κ1) is 21.1. The Kier molecular flexibility index (Phi) is 6.09. The second-order valence-corrected chi connectivity index (χ2v) is 8.24. The second-order valence-electron chi connectivity index (χ2n) is 6.46. The molecule has 4 aromatic rings. The fourth-order valence-electron chi connectivity index (χ4n) is 2.78. The maximum atomic E-state index is 12.4. The van der Waals surface area contributed by atoms with Crippen LogP contribution in [0, 0.1) is 18.3 Å². The summed E-state index contributed by atoms with van der Waals surface area (Å²) in [6.07, 6.45) is 0. The molecule has 31 heavy (non-hydrogen) atoms. The number of aromatic nitrogens is 4. The van der Waals surface area contributed by atoms with Gasteiger partial charge in [0.1, 0.15) is 11.6 Å². The minimum atomic E-state index is -0.586. The Bertz CT molecular complexity index is 1340. The third-order valence-electron chi connectivity index (χ3n) is 4.31. The molecule has 2 aromatic heterocycles. The standard InChI is InChI=1S/C21H13Cl2N5O2S/c1-11-5-7-12(8-6-11)20-28-27-16(30-20)10-31-21-25-18(13(9-24)19(29)26-21)17-14(22)3-2-4-15(17)23/h2-8H,10H2,1H3,(H,25,26,29). The quantitative estimate of drug-likeness (QED) is 0.313. The van der Waals surface area contributed by atoms with Crippen molar-refractivity contribution in [3.05, 3.63) is 79.9 Å². The van der Waals surface area contributed by atoms with Crippen LogP contribution in [0.3, 0.4) is 0 Å². The minimum absolute atomic E-state index is 0.121. The van der Waals surface area contributed by atoms with E-state index < -0.39 is 5.56 Å². The number of thioether (sulfide) groups is 1. The lowest BCUT2D eigenvalue weighted by molar-refractivity contribution is 0.528. The summed E-state index contributed by atoms with van der Waals surface area (Å²) in [7, 11) is 0. The van der Waals surface area contributed by atoms with E-state index >= 15 is 0 Å². The molecule has 0 spiro atoms. The summed E-state index contributed by atoms with van der Waals surface area (Å²) in [5.41, 5.74) is 1.64. The van der Waals surface area contributed by atoms with Crippen LogP contribution in [0.25, 0.3) is 22.7 Å². The largest absolute Gasteiger partial charge is 0.420 e. The molecule has 0 atom stereocenters. The number of benzene rings is 2. The van der Waals surface area contributed by atoms with Crippen LogP contribution in [0.4, 0.5) is 0 Å². The molecule has 0 radical (unpaired) electrons. The second kappa shape index (κ2) is 8.94. The molecule has 0 saturated carbocycles. The van der Waals surface area contributed by atoms with Crippen LogP contribution in [0.1, 0.15) is 17.0 Å². The number of nitrogens with zero attached hydrogens (tertiary/aromatic N) is 4. The van der Waals surface area contributed by atoms with Gasteiger partial charge in [-0.25, -0.2) is 4.98 Å². The van der Waals surface area contributed by atoms with Crippen LogP contribution < -0.4 is 5.56 Å². The topological polar surface area (TPSA) is 108 Å². The maximum Gasteiger partial charge on any atom is 0.270 e. The minimum Gasteiger partial charge on any atom is -0.420 e. The first-order valence-electron chi connectivity index (χ1n) is 8.97. The average molecular weight is 470 g/mol. The van der Waals surface area contributed by atoms with E-state index in [9.17, 15) is 10.1 Å². The van der Waals surface area contributed by atoms with Crippen molar-refractivity contribution in [1.82, 2.24) is 20.2 Å². The molecule has 2 heterocycles. The lowest BCUT2D eigenvalue weighted by Crippen LogP contribution is -2.15. The molecule has 0 aliphatic rings. The van der Waals surface area contributed by atoms with Gasteiger partial charge in [0.05, 0.1) is 21.5 Å². The van der Waals surface area contributed by atoms with Crippen LogP contribution >= 0.6 is 35.0 Å². The molecule has 10 heteroatoms. The van der Waals surface area contributed by atoms with E-state index in [0.717, 1.165) is 11.1 Å². The molecule has 0 fully saturated rings. The number of hydrogen-bond acceptors (Lipinski definition) is 7. The van der Waals surface area contributed by atoms with E-state index in [1.165, 1.54) is 11.8 Å². The van der Waals surface area contributed by atoms with Gasteiger partial charge in [-0.2, -0.15) is 5.26 Å². The van der Waals surface area contributed by atoms with E-state index in [2.05, 4.69) is 20.2 Å². The van der Waals surface area contributed by atoms with Gasteiger partial charge in [-0.1, -0.05) is 58.7 Å². The number of rotatable bonds is 5. The number of H-pyrrole nitrogens is 1. The summed E-state index contributed by atoms with van der Waals surface area (Å²) in [4.78, 5) is 19.4. The van der Waals surface area contributed by atoms with Crippen LogP contribution in [-0.4, -0.2) is 20.2 Å². The summed E-state index contributed by atoms with van der Waals surface area (Å²) in [5.74, 6) is 1.04. The van der Waals surface area contributed by atoms with Crippen molar-refractivity contribution in [1.29, 1.82) is 5.26 Å². The van der Waals surface area contributed by atoms with E-state index in [-0.39, 0.29) is 32.2 Å². The SMILES string of the molecule is Cc1ccc(-c2nnc(CSc3nc(-c4c(Cl)cccc4Cl)c(C#N)c(=O)[nH]3)o2)cc1. The van der Waals surface area contributed by atoms with Crippen LogP contribution in [0.5, 0.6) is 0 Å². The van der Waals surface area contributed by atoms with Gasteiger partial charge in [0.15, 0.2) is 5.16 Å². The Labute approximate surface area is 191 Å². The average Bonchev–Trinajstić information content (AvgIpc) is 3.21. The lowest BCUT2D eigenvalue weighted by Gasteiger charge is -2.09. The third-order valence-corrected chi connectivity index (χ3v) is 5.79. The van der Waals surface area contributed by atoms with Crippen molar-refractivity contribution in [2.45, 2.75) is 17.8 Å². The number of aromatic amines is 1. The maximum absolute atomic E-state index is 12.4. The Morgan fingerprint density at radius 3 is 2.52 bits per heavy atom. The monoisotopic (exact) mass is 469 g/mol. The zero-order valence-corrected chi connectivity index (χ0v) is 18.3. The van der Waals surface area contributed by atoms with Gasteiger partial charge in [-0.15, -0.1) is 10.2 Å². The van der Waals surface area contributed by atoms with Crippen molar-refractivity contribution in [3.8, 4) is 28.8 Å². The Morgan fingerprint density at radius 1 is 1.13 bits per heavy atom. The van der Waals surface area contributed by atoms with Gasteiger partial charge in [-0.05, 0) is 31.2 Å². The Morgan fingerprint density at radius 2 is 1.84 bits per heavy atom. The van der Waals surface area contributed by atoms with E-state index in [0.29, 0.717) is 17.3 Å². The third kappa shape index (κ3) is 4.49. The fourth-order valence-corrected chi connectivity index (χ4v) is 4.06. The zero-order valence-electron chi connectivity index (χ0n) is 16.0. The van der Waals surface area contributed by atoms with Crippen LogP contribution in [0.2, 0.25) is 10.0 Å². The van der Waals surface area contributed by atoms with Crippen molar-refractivity contribution >= 4 is 35.0 Å². The zero-order chi connectivity index (χ0) is 22.0. The number of hydrogen-bond donors (Lipinski definition) is 1. The molecule has 0 saturated heterocycles. The van der Waals surface area contributed by atoms with Gasteiger partial charge in [0.2, 0.25) is 11.8 Å². The normalized spacial score (nSPS) is 10.8. The molecule has 1 N–H and O–H groups in total. The van der Waals surface area contributed by atoms with Crippen LogP contribution in [0.15, 0.2) is 56.8 Å².